The molecule has 1 saturated heterocycles. The SMILES string of the molecule is CC(C)CC1CC(=O)OC1(CI)C(C)C. The van der Waals surface area contributed by atoms with Crippen LogP contribution in [0.1, 0.15) is 40.5 Å². The zero-order chi connectivity index (χ0) is 11.6. The molecule has 2 unspecified atom stereocenters. The van der Waals surface area contributed by atoms with E-state index in [-0.39, 0.29) is 11.6 Å². The summed E-state index contributed by atoms with van der Waals surface area (Å²) in [5, 5.41) is 0. The molecule has 1 aliphatic rings. The Morgan fingerprint density at radius 3 is 2.47 bits per heavy atom. The van der Waals surface area contributed by atoms with Crippen molar-refractivity contribution in [2.75, 3.05) is 4.43 Å². The maximum absolute atomic E-state index is 11.5. The lowest BCUT2D eigenvalue weighted by atomic mass is 9.76. The van der Waals surface area contributed by atoms with E-state index in [0.29, 0.717) is 24.2 Å². The molecule has 0 saturated carbocycles. The van der Waals surface area contributed by atoms with E-state index < -0.39 is 0 Å². The van der Waals surface area contributed by atoms with E-state index >= 15 is 0 Å². The van der Waals surface area contributed by atoms with Crippen molar-refractivity contribution in [3.8, 4) is 0 Å². The molecular weight excluding hydrogens is 303 g/mol. The maximum atomic E-state index is 11.5. The van der Waals surface area contributed by atoms with Crippen molar-refractivity contribution in [1.29, 1.82) is 0 Å². The van der Waals surface area contributed by atoms with E-state index in [4.69, 9.17) is 4.74 Å². The average Bonchev–Trinajstić information content (AvgIpc) is 2.42. The molecule has 88 valence electrons. The zero-order valence-electron chi connectivity index (χ0n) is 10.0. The molecule has 0 aromatic heterocycles. The summed E-state index contributed by atoms with van der Waals surface area (Å²) in [6.07, 6.45) is 1.70. The number of halogens is 1. The van der Waals surface area contributed by atoms with Gasteiger partial charge >= 0.3 is 5.97 Å². The van der Waals surface area contributed by atoms with E-state index in [1.54, 1.807) is 0 Å². The van der Waals surface area contributed by atoms with Gasteiger partial charge < -0.3 is 4.74 Å². The van der Waals surface area contributed by atoms with E-state index in [9.17, 15) is 4.79 Å². The summed E-state index contributed by atoms with van der Waals surface area (Å²) in [4.78, 5) is 11.5. The first-order chi connectivity index (χ1) is 6.92. The van der Waals surface area contributed by atoms with Crippen LogP contribution in [0.25, 0.3) is 0 Å². The first-order valence-corrected chi connectivity index (χ1v) is 7.22. The largest absolute Gasteiger partial charge is 0.458 e. The second-order valence-corrected chi connectivity index (χ2v) is 6.01. The van der Waals surface area contributed by atoms with Crippen molar-refractivity contribution in [2.24, 2.45) is 17.8 Å². The number of carbonyl (C=O) groups excluding carboxylic acids is 1. The molecule has 3 heteroatoms. The van der Waals surface area contributed by atoms with E-state index in [2.05, 4.69) is 50.3 Å². The van der Waals surface area contributed by atoms with Crippen LogP contribution in [0.3, 0.4) is 0 Å². The van der Waals surface area contributed by atoms with Gasteiger partial charge in [-0.2, -0.15) is 0 Å². The quantitative estimate of drug-likeness (QED) is 0.450. The molecule has 1 heterocycles. The molecule has 1 fully saturated rings. The van der Waals surface area contributed by atoms with Crippen LogP contribution < -0.4 is 0 Å². The first-order valence-electron chi connectivity index (χ1n) is 5.70. The highest BCUT2D eigenvalue weighted by molar-refractivity contribution is 14.1. The normalized spacial score (nSPS) is 31.4. The smallest absolute Gasteiger partial charge is 0.306 e. The van der Waals surface area contributed by atoms with Crippen LogP contribution in [0.5, 0.6) is 0 Å². The second kappa shape index (κ2) is 5.02. The third-order valence-corrected chi connectivity index (χ3v) is 4.54. The summed E-state index contributed by atoms with van der Waals surface area (Å²) in [6, 6.07) is 0. The van der Waals surface area contributed by atoms with Gasteiger partial charge in [-0.25, -0.2) is 0 Å². The second-order valence-electron chi connectivity index (χ2n) is 5.25. The van der Waals surface area contributed by atoms with Gasteiger partial charge in [0.25, 0.3) is 0 Å². The Hall–Kier alpha value is 0.200. The number of ether oxygens (including phenoxy) is 1. The van der Waals surface area contributed by atoms with Crippen LogP contribution in [0, 0.1) is 17.8 Å². The number of hydrogen-bond acceptors (Lipinski definition) is 2. The van der Waals surface area contributed by atoms with Crippen LogP contribution >= 0.6 is 22.6 Å². The summed E-state index contributed by atoms with van der Waals surface area (Å²) in [6.45, 7) is 8.73. The summed E-state index contributed by atoms with van der Waals surface area (Å²) in [7, 11) is 0. The number of cyclic esters (lactones) is 1. The minimum atomic E-state index is -0.206. The van der Waals surface area contributed by atoms with Crippen molar-refractivity contribution in [1.82, 2.24) is 0 Å². The summed E-state index contributed by atoms with van der Waals surface area (Å²) >= 11 is 2.35. The predicted molar refractivity (Wildman–Crippen MR) is 70.1 cm³/mol. The van der Waals surface area contributed by atoms with Crippen molar-refractivity contribution in [3.05, 3.63) is 0 Å². The lowest BCUT2D eigenvalue weighted by Crippen LogP contribution is -2.43. The van der Waals surface area contributed by atoms with E-state index in [0.717, 1.165) is 10.8 Å². The van der Waals surface area contributed by atoms with Crippen molar-refractivity contribution < 1.29 is 9.53 Å². The zero-order valence-corrected chi connectivity index (χ0v) is 12.2. The third-order valence-electron chi connectivity index (χ3n) is 3.35. The van der Waals surface area contributed by atoms with Gasteiger partial charge in [-0.15, -0.1) is 0 Å². The lowest BCUT2D eigenvalue weighted by molar-refractivity contribution is -0.151. The Labute approximate surface area is 106 Å². The molecule has 15 heavy (non-hydrogen) atoms. The van der Waals surface area contributed by atoms with Crippen LogP contribution in [-0.4, -0.2) is 16.0 Å². The Kier molecular flexibility index (Phi) is 4.44. The van der Waals surface area contributed by atoms with Gasteiger partial charge in [0.05, 0.1) is 6.42 Å². The average molecular weight is 324 g/mol. The Morgan fingerprint density at radius 1 is 1.47 bits per heavy atom. The number of rotatable bonds is 4. The van der Waals surface area contributed by atoms with Gasteiger partial charge in [-0.3, -0.25) is 4.79 Å². The van der Waals surface area contributed by atoms with E-state index in [1.165, 1.54) is 0 Å². The number of esters is 1. The minimum absolute atomic E-state index is 0.00832. The first kappa shape index (κ1) is 13.3. The maximum Gasteiger partial charge on any atom is 0.306 e. The van der Waals surface area contributed by atoms with Gasteiger partial charge in [0, 0.05) is 10.3 Å². The summed E-state index contributed by atoms with van der Waals surface area (Å²) in [5.41, 5.74) is -0.206. The van der Waals surface area contributed by atoms with Crippen molar-refractivity contribution in [2.45, 2.75) is 46.1 Å². The molecule has 1 rings (SSSR count). The topological polar surface area (TPSA) is 26.3 Å². The Bertz CT molecular complexity index is 238. The standard InChI is InChI=1S/C12H21IO2/c1-8(2)5-10-6-11(14)15-12(10,7-13)9(3)4/h8-10H,5-7H2,1-4H3. The van der Waals surface area contributed by atoms with Crippen LogP contribution in [0.2, 0.25) is 0 Å². The van der Waals surface area contributed by atoms with Gasteiger partial charge in [0.15, 0.2) is 0 Å². The minimum Gasteiger partial charge on any atom is -0.458 e. The molecule has 0 aromatic carbocycles. The van der Waals surface area contributed by atoms with Gasteiger partial charge in [-0.05, 0) is 18.3 Å². The lowest BCUT2D eigenvalue weighted by Gasteiger charge is -2.36. The number of hydrogen-bond donors (Lipinski definition) is 0. The van der Waals surface area contributed by atoms with Gasteiger partial charge in [-0.1, -0.05) is 50.3 Å². The molecule has 2 atom stereocenters. The number of carbonyl (C=O) groups is 1. The van der Waals surface area contributed by atoms with E-state index in [1.807, 2.05) is 0 Å². The molecule has 0 amide bonds. The predicted octanol–water partition coefficient (Wildman–Crippen LogP) is 3.43. The highest BCUT2D eigenvalue weighted by atomic mass is 127. The third kappa shape index (κ3) is 2.66. The van der Waals surface area contributed by atoms with Gasteiger partial charge in [0.2, 0.25) is 0 Å². The molecule has 0 N–H and O–H groups in total. The highest BCUT2D eigenvalue weighted by Crippen LogP contribution is 2.43. The molecular formula is C12H21IO2. The fourth-order valence-electron chi connectivity index (χ4n) is 2.44. The molecule has 0 aromatic rings. The van der Waals surface area contributed by atoms with Crippen LogP contribution in [0.15, 0.2) is 0 Å². The molecule has 1 aliphatic heterocycles. The Morgan fingerprint density at radius 2 is 2.07 bits per heavy atom. The molecule has 0 bridgehead atoms. The number of alkyl halides is 1. The van der Waals surface area contributed by atoms with Gasteiger partial charge in [0.1, 0.15) is 5.60 Å². The van der Waals surface area contributed by atoms with Crippen LogP contribution in [0.4, 0.5) is 0 Å². The fraction of sp³-hybridized carbons (Fsp3) is 0.917. The molecule has 0 spiro atoms. The monoisotopic (exact) mass is 324 g/mol. The fourth-order valence-corrected chi connectivity index (χ4v) is 4.10. The Balaban J connectivity index is 2.86. The van der Waals surface area contributed by atoms with Crippen LogP contribution in [-0.2, 0) is 9.53 Å². The molecule has 0 radical (unpaired) electrons. The molecule has 0 aliphatic carbocycles. The highest BCUT2D eigenvalue weighted by Gasteiger charge is 2.50. The van der Waals surface area contributed by atoms with Crippen molar-refractivity contribution in [3.63, 3.8) is 0 Å². The van der Waals surface area contributed by atoms with Crippen molar-refractivity contribution >= 4 is 28.6 Å². The molecule has 2 nitrogen and oxygen atoms in total. The summed E-state index contributed by atoms with van der Waals surface area (Å²) < 4.78 is 6.53. The summed E-state index contributed by atoms with van der Waals surface area (Å²) in [5.74, 6) is 1.43.